The van der Waals surface area contributed by atoms with E-state index in [1.165, 1.54) is 0 Å². The predicted octanol–water partition coefficient (Wildman–Crippen LogP) is 3.68. The molecule has 114 valence electrons. The van der Waals surface area contributed by atoms with Crippen LogP contribution < -0.4 is 10.6 Å². The number of nitrogens with one attached hydrogen (secondary N) is 2. The molecule has 1 rings (SSSR count). The highest BCUT2D eigenvalue weighted by atomic mass is 32.2. The Hall–Kier alpha value is -0.970. The summed E-state index contributed by atoms with van der Waals surface area (Å²) in [6, 6.07) is 0.395. The second kappa shape index (κ2) is 7.16. The molecule has 0 aliphatic carbocycles. The number of hydrogen-bond acceptors (Lipinski definition) is 5. The average Bonchev–Trinajstić information content (AvgIpc) is 2.37. The fourth-order valence-corrected chi connectivity index (χ4v) is 2.48. The van der Waals surface area contributed by atoms with Crippen molar-refractivity contribution in [1.29, 1.82) is 0 Å². The molecule has 0 aromatic carbocycles. The first-order chi connectivity index (χ1) is 9.29. The topological polar surface area (TPSA) is 49.8 Å². The van der Waals surface area contributed by atoms with Gasteiger partial charge in [0.25, 0.3) is 0 Å². The van der Waals surface area contributed by atoms with Crippen LogP contribution in [0.4, 0.5) is 11.6 Å². The Balaban J connectivity index is 3.05. The van der Waals surface area contributed by atoms with Crippen LogP contribution in [0.15, 0.2) is 0 Å². The maximum atomic E-state index is 4.73. The van der Waals surface area contributed by atoms with Gasteiger partial charge in [-0.15, -0.1) is 0 Å². The van der Waals surface area contributed by atoms with Crippen LogP contribution in [0, 0.1) is 6.92 Å². The molecule has 0 amide bonds. The van der Waals surface area contributed by atoms with Crippen LogP contribution in [-0.4, -0.2) is 34.6 Å². The number of rotatable bonds is 6. The summed E-state index contributed by atoms with van der Waals surface area (Å²) < 4.78 is 0. The van der Waals surface area contributed by atoms with Gasteiger partial charge in [0, 0.05) is 29.8 Å². The third-order valence-corrected chi connectivity index (χ3v) is 4.15. The molecule has 0 radical (unpaired) electrons. The van der Waals surface area contributed by atoms with E-state index >= 15 is 0 Å². The summed E-state index contributed by atoms with van der Waals surface area (Å²) in [5, 5.41) is 6.69. The molecule has 1 unspecified atom stereocenters. The zero-order valence-corrected chi connectivity index (χ0v) is 14.6. The minimum absolute atomic E-state index is 0.0584. The molecule has 0 fully saturated rings. The Morgan fingerprint density at radius 1 is 1.20 bits per heavy atom. The summed E-state index contributed by atoms with van der Waals surface area (Å²) in [5.41, 5.74) is 1.02. The van der Waals surface area contributed by atoms with Crippen LogP contribution in [0.2, 0.25) is 0 Å². The van der Waals surface area contributed by atoms with Crippen molar-refractivity contribution in [2.45, 2.75) is 53.0 Å². The van der Waals surface area contributed by atoms with E-state index in [1.54, 1.807) is 0 Å². The molecule has 1 atom stereocenters. The molecule has 0 aliphatic rings. The van der Waals surface area contributed by atoms with E-state index in [4.69, 9.17) is 4.98 Å². The van der Waals surface area contributed by atoms with Gasteiger partial charge >= 0.3 is 0 Å². The van der Waals surface area contributed by atoms with Gasteiger partial charge in [0.05, 0.1) is 0 Å². The summed E-state index contributed by atoms with van der Waals surface area (Å²) >= 11 is 1.94. The zero-order valence-electron chi connectivity index (χ0n) is 13.8. The lowest BCUT2D eigenvalue weighted by Gasteiger charge is -2.22. The van der Waals surface area contributed by atoms with Gasteiger partial charge in [0.1, 0.15) is 17.5 Å². The van der Waals surface area contributed by atoms with Crippen molar-refractivity contribution < 1.29 is 0 Å². The van der Waals surface area contributed by atoms with Gasteiger partial charge in [0.2, 0.25) is 0 Å². The molecular weight excluding hydrogens is 268 g/mol. The minimum atomic E-state index is -0.0584. The normalized spacial score (nSPS) is 13.2. The summed E-state index contributed by atoms with van der Waals surface area (Å²) in [6.45, 7) is 12.8. The first kappa shape index (κ1) is 17.1. The van der Waals surface area contributed by atoms with E-state index < -0.39 is 0 Å². The first-order valence-electron chi connectivity index (χ1n) is 7.20. The lowest BCUT2D eigenvalue weighted by atomic mass is 9.95. The number of aromatic nitrogens is 2. The third kappa shape index (κ3) is 4.54. The molecule has 0 saturated heterocycles. The molecule has 4 nitrogen and oxygen atoms in total. The molecule has 1 heterocycles. The summed E-state index contributed by atoms with van der Waals surface area (Å²) in [6.07, 6.45) is 0. The van der Waals surface area contributed by atoms with E-state index in [-0.39, 0.29) is 5.41 Å². The Morgan fingerprint density at radius 2 is 1.80 bits per heavy atom. The summed E-state index contributed by atoms with van der Waals surface area (Å²) in [5.74, 6) is 4.94. The first-order valence-corrected chi connectivity index (χ1v) is 8.36. The van der Waals surface area contributed by atoms with Gasteiger partial charge in [-0.2, -0.15) is 11.8 Å². The van der Waals surface area contributed by atoms with Crippen molar-refractivity contribution >= 4 is 23.4 Å². The Morgan fingerprint density at radius 3 is 2.30 bits per heavy atom. The van der Waals surface area contributed by atoms with E-state index in [1.807, 2.05) is 18.8 Å². The SMILES string of the molecule is CCSCC(C)Nc1nc(C(C)(C)C)nc(NC)c1C. The fraction of sp³-hybridized carbons (Fsp3) is 0.733. The van der Waals surface area contributed by atoms with Gasteiger partial charge in [-0.25, -0.2) is 9.97 Å². The Bertz CT molecular complexity index is 440. The van der Waals surface area contributed by atoms with Crippen molar-refractivity contribution in [3.8, 4) is 0 Å². The van der Waals surface area contributed by atoms with Crippen LogP contribution >= 0.6 is 11.8 Å². The number of thioether (sulfide) groups is 1. The van der Waals surface area contributed by atoms with Gasteiger partial charge < -0.3 is 10.6 Å². The standard InChI is InChI=1S/C15H28N4S/c1-8-20-9-10(2)17-13-11(3)12(16-7)18-14(19-13)15(4,5)6/h10H,8-9H2,1-7H3,(H2,16,17,18,19). The van der Waals surface area contributed by atoms with E-state index in [2.05, 4.69) is 57.2 Å². The molecule has 0 bridgehead atoms. The van der Waals surface area contributed by atoms with Crippen LogP contribution in [0.1, 0.15) is 46.0 Å². The predicted molar refractivity (Wildman–Crippen MR) is 91.1 cm³/mol. The molecule has 0 aliphatic heterocycles. The maximum absolute atomic E-state index is 4.73. The monoisotopic (exact) mass is 296 g/mol. The highest BCUT2D eigenvalue weighted by molar-refractivity contribution is 7.99. The number of nitrogens with zero attached hydrogens (tertiary/aromatic N) is 2. The second-order valence-electron chi connectivity index (χ2n) is 6.07. The van der Waals surface area contributed by atoms with Crippen LogP contribution in [0.5, 0.6) is 0 Å². The average molecular weight is 296 g/mol. The molecule has 1 aromatic rings. The third-order valence-electron chi connectivity index (χ3n) is 3.01. The van der Waals surface area contributed by atoms with Gasteiger partial charge in [-0.1, -0.05) is 27.7 Å². The molecule has 5 heteroatoms. The lowest BCUT2D eigenvalue weighted by molar-refractivity contribution is 0.546. The lowest BCUT2D eigenvalue weighted by Crippen LogP contribution is -2.23. The molecule has 0 spiro atoms. The van der Waals surface area contributed by atoms with Crippen molar-refractivity contribution in [3.05, 3.63) is 11.4 Å². The smallest absolute Gasteiger partial charge is 0.138 e. The van der Waals surface area contributed by atoms with E-state index in [0.29, 0.717) is 6.04 Å². The summed E-state index contributed by atoms with van der Waals surface area (Å²) in [4.78, 5) is 9.35. The van der Waals surface area contributed by atoms with Crippen LogP contribution in [0.3, 0.4) is 0 Å². The molecule has 2 N–H and O–H groups in total. The van der Waals surface area contributed by atoms with E-state index in [9.17, 15) is 0 Å². The number of hydrogen-bond donors (Lipinski definition) is 2. The Labute approximate surface area is 127 Å². The minimum Gasteiger partial charge on any atom is -0.373 e. The largest absolute Gasteiger partial charge is 0.373 e. The quantitative estimate of drug-likeness (QED) is 0.838. The Kier molecular flexibility index (Phi) is 6.11. The fourth-order valence-electron chi connectivity index (χ4n) is 1.81. The van der Waals surface area contributed by atoms with Crippen molar-refractivity contribution in [2.24, 2.45) is 0 Å². The van der Waals surface area contributed by atoms with Crippen LogP contribution in [0.25, 0.3) is 0 Å². The van der Waals surface area contributed by atoms with Crippen molar-refractivity contribution in [2.75, 3.05) is 29.2 Å². The molecule has 20 heavy (non-hydrogen) atoms. The zero-order chi connectivity index (χ0) is 15.3. The second-order valence-corrected chi connectivity index (χ2v) is 7.39. The van der Waals surface area contributed by atoms with Gasteiger partial charge in [0.15, 0.2) is 0 Å². The number of anilines is 2. The van der Waals surface area contributed by atoms with Gasteiger partial charge in [-0.05, 0) is 19.6 Å². The maximum Gasteiger partial charge on any atom is 0.138 e. The molecule has 0 saturated carbocycles. The van der Waals surface area contributed by atoms with Crippen LogP contribution in [-0.2, 0) is 5.41 Å². The van der Waals surface area contributed by atoms with Gasteiger partial charge in [-0.3, -0.25) is 0 Å². The van der Waals surface area contributed by atoms with Crippen molar-refractivity contribution in [1.82, 2.24) is 9.97 Å². The summed E-state index contributed by atoms with van der Waals surface area (Å²) in [7, 11) is 1.90. The molecular formula is C15H28N4S. The molecule has 1 aromatic heterocycles. The highest BCUT2D eigenvalue weighted by Gasteiger charge is 2.21. The highest BCUT2D eigenvalue weighted by Crippen LogP contribution is 2.26. The van der Waals surface area contributed by atoms with E-state index in [0.717, 1.165) is 34.5 Å². The van der Waals surface area contributed by atoms with Crippen molar-refractivity contribution in [3.63, 3.8) is 0 Å².